The summed E-state index contributed by atoms with van der Waals surface area (Å²) in [5.41, 5.74) is -3.94. The smallest absolute Gasteiger partial charge is 0.320 e. The second-order valence-corrected chi connectivity index (χ2v) is 17.8. The minimum Gasteiger partial charge on any atom is -0.469 e. The second kappa shape index (κ2) is 17.2. The van der Waals surface area contributed by atoms with Gasteiger partial charge < -0.3 is 23.7 Å². The van der Waals surface area contributed by atoms with Crippen LogP contribution in [0.5, 0.6) is 0 Å². The van der Waals surface area contributed by atoms with Gasteiger partial charge in [0.15, 0.2) is 0 Å². The first-order chi connectivity index (χ1) is 22.7. The molecule has 2 rings (SSSR count). The molecule has 1 saturated heterocycles. The van der Waals surface area contributed by atoms with Crippen molar-refractivity contribution in [3.8, 4) is 0 Å². The number of hydrogen-bond acceptors (Lipinski definition) is 13. The van der Waals surface area contributed by atoms with Crippen molar-refractivity contribution in [1.29, 1.82) is 0 Å². The zero-order valence-corrected chi connectivity index (χ0v) is 33.1. The lowest BCUT2D eigenvalue weighted by Gasteiger charge is -2.52. The molecule has 288 valence electrons. The lowest BCUT2D eigenvalue weighted by molar-refractivity contribution is -0.168. The first-order valence-electron chi connectivity index (χ1n) is 17.9. The fourth-order valence-corrected chi connectivity index (χ4v) is 6.83. The molecule has 0 aromatic rings. The van der Waals surface area contributed by atoms with Crippen LogP contribution in [0.3, 0.4) is 0 Å². The molecule has 0 spiro atoms. The maximum atomic E-state index is 13.6. The molecule has 0 atom stereocenters. The van der Waals surface area contributed by atoms with Gasteiger partial charge in [0.05, 0.1) is 44.7 Å². The molecule has 13 heteroatoms. The summed E-state index contributed by atoms with van der Waals surface area (Å²) in [4.78, 5) is 72.2. The summed E-state index contributed by atoms with van der Waals surface area (Å²) < 4.78 is 28.1. The number of carbonyl (C=O) groups excluding carboxylic acids is 5. The molecule has 2 aliphatic rings. The molecular formula is C37H65N3O10. The average Bonchev–Trinajstić information content (AvgIpc) is 3.08. The quantitative estimate of drug-likeness (QED) is 0.226. The summed E-state index contributed by atoms with van der Waals surface area (Å²) in [6.45, 7) is 22.4. The number of hydrogen-bond donors (Lipinski definition) is 0. The first kappa shape index (κ1) is 43.4. The van der Waals surface area contributed by atoms with Gasteiger partial charge in [-0.25, -0.2) is 0 Å². The summed E-state index contributed by atoms with van der Waals surface area (Å²) in [6.07, 6.45) is 2.26. The van der Waals surface area contributed by atoms with E-state index in [1.807, 2.05) is 56.2 Å². The SMILES string of the molecule is COC(=O)[C@H]1CC[C@H](C2(N(CC(=O)OC(C)(C)C)CC(=O)OC(C)(C)C)CN(CC(=O)OC(C)(C)C)CCN(CC(=O)OC(C)(C)C)C2)CC1. The van der Waals surface area contributed by atoms with Crippen LogP contribution >= 0.6 is 0 Å². The third kappa shape index (κ3) is 15.2. The summed E-state index contributed by atoms with van der Waals surface area (Å²) in [6, 6.07) is 0. The molecule has 0 aromatic heterocycles. The standard InChI is InChI=1S/C37H65N3O10/c1-33(2,3)47-28(41)20-38-18-19-39(21-29(42)48-34(4,5)6)25-37(24-38,27-16-14-26(15-17-27)32(45)46-13)40(22-30(43)49-35(7,8)9)23-31(44)50-36(10,11)12/h26-27H,14-25H2,1-13H3/t26-,27-. The van der Waals surface area contributed by atoms with E-state index in [0.29, 0.717) is 38.8 Å². The zero-order valence-electron chi connectivity index (χ0n) is 33.1. The summed E-state index contributed by atoms with van der Waals surface area (Å²) in [7, 11) is 1.38. The van der Waals surface area contributed by atoms with E-state index in [-0.39, 0.29) is 57.1 Å². The maximum Gasteiger partial charge on any atom is 0.320 e. The Morgan fingerprint density at radius 3 is 1.24 bits per heavy atom. The molecule has 0 bridgehead atoms. The van der Waals surface area contributed by atoms with Crippen molar-refractivity contribution >= 4 is 29.8 Å². The van der Waals surface area contributed by atoms with Gasteiger partial charge in [0.1, 0.15) is 22.4 Å². The first-order valence-corrected chi connectivity index (χ1v) is 17.9. The monoisotopic (exact) mass is 711 g/mol. The highest BCUT2D eigenvalue weighted by molar-refractivity contribution is 5.76. The Bertz CT molecular complexity index is 1110. The predicted octanol–water partition coefficient (Wildman–Crippen LogP) is 3.99. The minimum absolute atomic E-state index is 0.0382. The Kier molecular flexibility index (Phi) is 14.9. The molecule has 0 unspecified atom stereocenters. The van der Waals surface area contributed by atoms with Gasteiger partial charge in [0, 0.05) is 26.2 Å². The van der Waals surface area contributed by atoms with Crippen LogP contribution in [0.1, 0.15) is 109 Å². The highest BCUT2D eigenvalue weighted by atomic mass is 16.6. The molecule has 1 heterocycles. The van der Waals surface area contributed by atoms with Gasteiger partial charge in [-0.1, -0.05) is 0 Å². The van der Waals surface area contributed by atoms with Crippen LogP contribution in [0.25, 0.3) is 0 Å². The molecule has 1 aliphatic carbocycles. The van der Waals surface area contributed by atoms with Crippen LogP contribution in [0, 0.1) is 11.8 Å². The van der Waals surface area contributed by atoms with E-state index in [4.69, 9.17) is 23.7 Å². The lowest BCUT2D eigenvalue weighted by atomic mass is 9.70. The third-order valence-corrected chi connectivity index (χ3v) is 8.40. The maximum absolute atomic E-state index is 13.6. The van der Waals surface area contributed by atoms with Gasteiger partial charge in [-0.05, 0) is 115 Å². The largest absolute Gasteiger partial charge is 0.469 e. The molecule has 1 aliphatic heterocycles. The Morgan fingerprint density at radius 2 is 0.920 bits per heavy atom. The molecular weight excluding hydrogens is 646 g/mol. The summed E-state index contributed by atoms with van der Waals surface area (Å²) in [5.74, 6) is -2.57. The minimum atomic E-state index is -0.977. The third-order valence-electron chi connectivity index (χ3n) is 8.40. The number of methoxy groups -OCH3 is 1. The lowest BCUT2D eigenvalue weighted by Crippen LogP contribution is -2.66. The van der Waals surface area contributed by atoms with Gasteiger partial charge in [-0.3, -0.25) is 38.7 Å². The van der Waals surface area contributed by atoms with E-state index >= 15 is 0 Å². The fraction of sp³-hybridized carbons (Fsp3) is 0.865. The van der Waals surface area contributed by atoms with Gasteiger partial charge in [-0.2, -0.15) is 0 Å². The summed E-state index contributed by atoms with van der Waals surface area (Å²) in [5, 5.41) is 0. The fourth-order valence-electron chi connectivity index (χ4n) is 6.83. The van der Waals surface area contributed by atoms with Crippen LogP contribution in [0.4, 0.5) is 0 Å². The van der Waals surface area contributed by atoms with Crippen molar-refractivity contribution in [2.75, 3.05) is 59.5 Å². The van der Waals surface area contributed by atoms with E-state index in [0.717, 1.165) is 0 Å². The normalized spacial score (nSPS) is 21.2. The number of ether oxygens (including phenoxy) is 5. The molecule has 1 saturated carbocycles. The van der Waals surface area contributed by atoms with Crippen LogP contribution in [-0.2, 0) is 47.7 Å². The number of esters is 5. The number of carbonyl (C=O) groups is 5. The van der Waals surface area contributed by atoms with Crippen LogP contribution in [0.15, 0.2) is 0 Å². The Balaban J connectivity index is 2.74. The van der Waals surface area contributed by atoms with Gasteiger partial charge in [0.2, 0.25) is 0 Å². The molecule has 50 heavy (non-hydrogen) atoms. The zero-order chi connectivity index (χ0) is 38.3. The number of nitrogens with zero attached hydrogens (tertiary/aromatic N) is 3. The molecule has 0 N–H and O–H groups in total. The van der Waals surface area contributed by atoms with Gasteiger partial charge >= 0.3 is 29.8 Å². The molecule has 0 radical (unpaired) electrons. The van der Waals surface area contributed by atoms with E-state index in [1.165, 1.54) is 7.11 Å². The van der Waals surface area contributed by atoms with Crippen LogP contribution < -0.4 is 0 Å². The van der Waals surface area contributed by atoms with E-state index in [2.05, 4.69) is 0 Å². The second-order valence-electron chi connectivity index (χ2n) is 17.8. The van der Waals surface area contributed by atoms with Crippen LogP contribution in [-0.4, -0.2) is 132 Å². The van der Waals surface area contributed by atoms with Crippen molar-refractivity contribution in [3.63, 3.8) is 0 Å². The van der Waals surface area contributed by atoms with E-state index in [1.54, 1.807) is 41.5 Å². The highest BCUT2D eigenvalue weighted by Crippen LogP contribution is 2.41. The van der Waals surface area contributed by atoms with Crippen molar-refractivity contribution in [2.45, 2.75) is 137 Å². The average molecular weight is 712 g/mol. The predicted molar refractivity (Wildman–Crippen MR) is 188 cm³/mol. The van der Waals surface area contributed by atoms with Gasteiger partial charge in [-0.15, -0.1) is 0 Å². The van der Waals surface area contributed by atoms with Crippen LogP contribution in [0.2, 0.25) is 0 Å². The molecule has 13 nitrogen and oxygen atoms in total. The highest BCUT2D eigenvalue weighted by Gasteiger charge is 2.51. The summed E-state index contributed by atoms with van der Waals surface area (Å²) >= 11 is 0. The van der Waals surface area contributed by atoms with E-state index in [9.17, 15) is 24.0 Å². The molecule has 2 fully saturated rings. The molecule has 0 aromatic carbocycles. The Hall–Kier alpha value is -2.77. The topological polar surface area (TPSA) is 141 Å². The Labute approximate surface area is 300 Å². The van der Waals surface area contributed by atoms with Crippen molar-refractivity contribution in [2.24, 2.45) is 11.8 Å². The Morgan fingerprint density at radius 1 is 0.580 bits per heavy atom. The van der Waals surface area contributed by atoms with Gasteiger partial charge in [0.25, 0.3) is 0 Å². The number of rotatable bonds is 11. The van der Waals surface area contributed by atoms with E-state index < -0.39 is 51.8 Å². The van der Waals surface area contributed by atoms with Crippen molar-refractivity contribution in [1.82, 2.24) is 14.7 Å². The van der Waals surface area contributed by atoms with Crippen molar-refractivity contribution in [3.05, 3.63) is 0 Å². The van der Waals surface area contributed by atoms with Crippen molar-refractivity contribution < 1.29 is 47.7 Å². The molecule has 0 amide bonds.